The molecule has 1 atom stereocenters. The number of nitrogens with zero attached hydrogens (tertiary/aromatic N) is 2. The lowest BCUT2D eigenvalue weighted by molar-refractivity contribution is -0.140. The van der Waals surface area contributed by atoms with Crippen molar-refractivity contribution in [1.82, 2.24) is 10.2 Å². The minimum absolute atomic E-state index is 0.0835. The van der Waals surface area contributed by atoms with E-state index in [-0.39, 0.29) is 24.6 Å². The number of benzene rings is 3. The van der Waals surface area contributed by atoms with Crippen LogP contribution in [0.25, 0.3) is 0 Å². The monoisotopic (exact) mass is 575 g/mol. The van der Waals surface area contributed by atoms with Gasteiger partial charge in [-0.3, -0.25) is 13.9 Å². The molecule has 0 spiro atoms. The Hall–Kier alpha value is -3.07. The van der Waals surface area contributed by atoms with Crippen LogP contribution in [-0.2, 0) is 32.6 Å². The maximum absolute atomic E-state index is 13.9. The van der Waals surface area contributed by atoms with Crippen LogP contribution in [0.3, 0.4) is 0 Å². The summed E-state index contributed by atoms with van der Waals surface area (Å²) in [5.74, 6) is -0.843. The van der Waals surface area contributed by atoms with Gasteiger partial charge in [0, 0.05) is 29.6 Å². The number of carbonyl (C=O) groups is 2. The van der Waals surface area contributed by atoms with Crippen LogP contribution >= 0.6 is 23.2 Å². The SMILES string of the molecule is CCCNC(=O)C(Cc1ccccc1)N(Cc1ccc(Cl)cc1)C(=O)CN(c1cccc(Cl)c1)S(C)(=O)=O. The number of halogens is 2. The van der Waals surface area contributed by atoms with Crippen LogP contribution < -0.4 is 9.62 Å². The predicted octanol–water partition coefficient (Wildman–Crippen LogP) is 4.93. The Balaban J connectivity index is 2.03. The molecule has 0 aliphatic heterocycles. The Kier molecular flexibility index (Phi) is 10.6. The lowest BCUT2D eigenvalue weighted by Gasteiger charge is -2.33. The molecule has 0 heterocycles. The van der Waals surface area contributed by atoms with Crippen molar-refractivity contribution in [2.45, 2.75) is 32.4 Å². The number of hydrogen-bond acceptors (Lipinski definition) is 4. The summed E-state index contributed by atoms with van der Waals surface area (Å²) in [5.41, 5.74) is 1.88. The first-order valence-electron chi connectivity index (χ1n) is 12.2. The van der Waals surface area contributed by atoms with Gasteiger partial charge in [-0.2, -0.15) is 0 Å². The number of carbonyl (C=O) groups excluding carboxylic acids is 2. The zero-order valence-electron chi connectivity index (χ0n) is 21.3. The fourth-order valence-electron chi connectivity index (χ4n) is 3.95. The molecular formula is C28H31Cl2N3O4S. The molecule has 1 unspecified atom stereocenters. The van der Waals surface area contributed by atoms with Crippen molar-refractivity contribution in [2.75, 3.05) is 23.7 Å². The van der Waals surface area contributed by atoms with Gasteiger partial charge in [0.05, 0.1) is 11.9 Å². The summed E-state index contributed by atoms with van der Waals surface area (Å²) < 4.78 is 26.5. The molecule has 3 aromatic carbocycles. The van der Waals surface area contributed by atoms with E-state index in [9.17, 15) is 18.0 Å². The summed E-state index contributed by atoms with van der Waals surface area (Å²) in [7, 11) is -3.85. The third kappa shape index (κ3) is 8.48. The standard InChI is InChI=1S/C28H31Cl2N3O4S/c1-3-16-31-28(35)26(17-21-8-5-4-6-9-21)32(19-22-12-14-23(29)15-13-22)27(34)20-33(38(2,36)37)25-11-7-10-24(30)18-25/h4-15,18,26H,3,16-17,19-20H2,1-2H3,(H,31,35). The molecule has 1 N–H and O–H groups in total. The molecule has 2 amide bonds. The van der Waals surface area contributed by atoms with E-state index < -0.39 is 28.5 Å². The molecule has 10 heteroatoms. The highest BCUT2D eigenvalue weighted by Crippen LogP contribution is 2.23. The van der Waals surface area contributed by atoms with Crippen LogP contribution in [0.15, 0.2) is 78.9 Å². The van der Waals surface area contributed by atoms with Gasteiger partial charge < -0.3 is 10.2 Å². The molecule has 0 saturated carbocycles. The second kappa shape index (κ2) is 13.6. The lowest BCUT2D eigenvalue weighted by atomic mass is 10.0. The van der Waals surface area contributed by atoms with Crippen LogP contribution in [0.4, 0.5) is 5.69 Å². The summed E-state index contributed by atoms with van der Waals surface area (Å²) in [4.78, 5) is 28.8. The van der Waals surface area contributed by atoms with E-state index in [0.717, 1.165) is 28.1 Å². The van der Waals surface area contributed by atoms with Gasteiger partial charge >= 0.3 is 0 Å². The molecule has 0 saturated heterocycles. The number of nitrogens with one attached hydrogen (secondary N) is 1. The first-order chi connectivity index (χ1) is 18.1. The van der Waals surface area contributed by atoms with Gasteiger partial charge in [0.15, 0.2) is 0 Å². The van der Waals surface area contributed by atoms with E-state index in [2.05, 4.69) is 5.32 Å². The van der Waals surface area contributed by atoms with Gasteiger partial charge in [0.2, 0.25) is 21.8 Å². The van der Waals surface area contributed by atoms with Crippen molar-refractivity contribution in [2.24, 2.45) is 0 Å². The van der Waals surface area contributed by atoms with E-state index in [4.69, 9.17) is 23.2 Å². The van der Waals surface area contributed by atoms with Crippen LogP contribution in [0.5, 0.6) is 0 Å². The van der Waals surface area contributed by atoms with E-state index >= 15 is 0 Å². The Morgan fingerprint density at radius 1 is 0.895 bits per heavy atom. The molecule has 0 radical (unpaired) electrons. The maximum Gasteiger partial charge on any atom is 0.244 e. The molecular weight excluding hydrogens is 545 g/mol. The second-order valence-corrected chi connectivity index (χ2v) is 11.7. The van der Waals surface area contributed by atoms with Crippen LogP contribution in [-0.4, -0.2) is 50.5 Å². The van der Waals surface area contributed by atoms with Crippen LogP contribution in [0, 0.1) is 0 Å². The largest absolute Gasteiger partial charge is 0.354 e. The average Bonchev–Trinajstić information content (AvgIpc) is 2.88. The van der Waals surface area contributed by atoms with Crippen molar-refractivity contribution in [3.8, 4) is 0 Å². The van der Waals surface area contributed by atoms with Crippen molar-refractivity contribution < 1.29 is 18.0 Å². The van der Waals surface area contributed by atoms with E-state index in [1.54, 1.807) is 42.5 Å². The number of hydrogen-bond donors (Lipinski definition) is 1. The van der Waals surface area contributed by atoms with Crippen molar-refractivity contribution >= 4 is 50.7 Å². The minimum atomic E-state index is -3.85. The van der Waals surface area contributed by atoms with E-state index in [1.165, 1.54) is 11.0 Å². The van der Waals surface area contributed by atoms with E-state index in [1.807, 2.05) is 37.3 Å². The number of sulfonamides is 1. The first kappa shape index (κ1) is 29.5. The van der Waals surface area contributed by atoms with Crippen molar-refractivity contribution in [1.29, 1.82) is 0 Å². The Morgan fingerprint density at radius 2 is 1.58 bits per heavy atom. The summed E-state index contributed by atoms with van der Waals surface area (Å²) in [6.07, 6.45) is 2.01. The number of anilines is 1. The number of amides is 2. The molecule has 0 bridgehead atoms. The minimum Gasteiger partial charge on any atom is -0.354 e. The van der Waals surface area contributed by atoms with Gasteiger partial charge in [-0.15, -0.1) is 0 Å². The van der Waals surface area contributed by atoms with E-state index in [0.29, 0.717) is 16.6 Å². The smallest absolute Gasteiger partial charge is 0.244 e. The third-order valence-electron chi connectivity index (χ3n) is 5.86. The van der Waals surface area contributed by atoms with Crippen molar-refractivity contribution in [3.05, 3.63) is 100 Å². The molecule has 38 heavy (non-hydrogen) atoms. The van der Waals surface area contributed by atoms with Crippen LogP contribution in [0.1, 0.15) is 24.5 Å². The molecule has 0 aromatic heterocycles. The Labute approximate surface area is 234 Å². The van der Waals surface area contributed by atoms with Gasteiger partial charge in [-0.1, -0.05) is 78.7 Å². The Morgan fingerprint density at radius 3 is 2.18 bits per heavy atom. The summed E-state index contributed by atoms with van der Waals surface area (Å²) in [5, 5.41) is 3.78. The lowest BCUT2D eigenvalue weighted by Crippen LogP contribution is -2.53. The molecule has 202 valence electrons. The molecule has 0 fully saturated rings. The molecule has 3 rings (SSSR count). The summed E-state index contributed by atoms with van der Waals surface area (Å²) >= 11 is 12.2. The zero-order valence-corrected chi connectivity index (χ0v) is 23.6. The Bertz CT molecular complexity index is 1340. The summed E-state index contributed by atoms with van der Waals surface area (Å²) in [6, 6.07) is 21.8. The zero-order chi connectivity index (χ0) is 27.7. The van der Waals surface area contributed by atoms with Crippen LogP contribution in [0.2, 0.25) is 10.0 Å². The third-order valence-corrected chi connectivity index (χ3v) is 7.49. The van der Waals surface area contributed by atoms with Gasteiger partial charge in [-0.25, -0.2) is 8.42 Å². The van der Waals surface area contributed by atoms with Gasteiger partial charge in [0.1, 0.15) is 12.6 Å². The average molecular weight is 577 g/mol. The second-order valence-electron chi connectivity index (χ2n) is 8.89. The first-order valence-corrected chi connectivity index (χ1v) is 14.8. The fraction of sp³-hybridized carbons (Fsp3) is 0.286. The highest BCUT2D eigenvalue weighted by atomic mass is 35.5. The predicted molar refractivity (Wildman–Crippen MR) is 153 cm³/mol. The summed E-state index contributed by atoms with van der Waals surface area (Å²) in [6.45, 7) is 1.97. The van der Waals surface area contributed by atoms with Crippen molar-refractivity contribution in [3.63, 3.8) is 0 Å². The highest BCUT2D eigenvalue weighted by molar-refractivity contribution is 7.92. The molecule has 7 nitrogen and oxygen atoms in total. The fourth-order valence-corrected chi connectivity index (χ4v) is 5.10. The molecule has 0 aliphatic carbocycles. The van der Waals surface area contributed by atoms with Gasteiger partial charge in [0.25, 0.3) is 0 Å². The normalized spacial score (nSPS) is 12.0. The topological polar surface area (TPSA) is 86.8 Å². The molecule has 3 aromatic rings. The highest BCUT2D eigenvalue weighted by Gasteiger charge is 2.33. The molecule has 0 aliphatic rings. The van der Waals surface area contributed by atoms with Gasteiger partial charge in [-0.05, 0) is 47.9 Å². The quantitative estimate of drug-likeness (QED) is 0.332. The maximum atomic E-state index is 13.9. The number of rotatable bonds is 12.